The number of hydrogen-bond acceptors (Lipinski definition) is 4. The van der Waals surface area contributed by atoms with Gasteiger partial charge in [-0.3, -0.25) is 4.79 Å². The molecule has 0 saturated carbocycles. The fourth-order valence-corrected chi connectivity index (χ4v) is 3.23. The first-order chi connectivity index (χ1) is 11.7. The zero-order valence-electron chi connectivity index (χ0n) is 14.7. The first-order valence-electron chi connectivity index (χ1n) is 8.53. The highest BCUT2D eigenvalue weighted by atomic mass is 16.5. The number of pyridine rings is 1. The number of hydrogen-bond donors (Lipinski definition) is 0. The van der Waals surface area contributed by atoms with Crippen molar-refractivity contribution in [3.63, 3.8) is 0 Å². The summed E-state index contributed by atoms with van der Waals surface area (Å²) in [6.45, 7) is 7.51. The lowest BCUT2D eigenvalue weighted by atomic mass is 10.1. The molecule has 0 atom stereocenters. The minimum atomic E-state index is 0.160. The quantitative estimate of drug-likeness (QED) is 0.763. The molecule has 3 rings (SSSR count). The average Bonchev–Trinajstić information content (AvgIpc) is 2.90. The summed E-state index contributed by atoms with van der Waals surface area (Å²) >= 11 is 0. The SMILES string of the molecule is CCCOCCC(=O)N1CCn2c(c(C)c3cc(OC)cnc32)C1. The van der Waals surface area contributed by atoms with E-state index >= 15 is 0 Å². The Hall–Kier alpha value is -2.08. The molecule has 0 aromatic carbocycles. The van der Waals surface area contributed by atoms with Gasteiger partial charge in [-0.2, -0.15) is 0 Å². The molecule has 130 valence electrons. The highest BCUT2D eigenvalue weighted by molar-refractivity contribution is 5.84. The predicted octanol–water partition coefficient (Wildman–Crippen LogP) is 2.51. The minimum absolute atomic E-state index is 0.160. The smallest absolute Gasteiger partial charge is 0.225 e. The van der Waals surface area contributed by atoms with Gasteiger partial charge in [0.15, 0.2) is 0 Å². The largest absolute Gasteiger partial charge is 0.495 e. The number of carbonyl (C=O) groups is 1. The van der Waals surface area contributed by atoms with Crippen molar-refractivity contribution in [2.45, 2.75) is 39.8 Å². The summed E-state index contributed by atoms with van der Waals surface area (Å²) in [5.41, 5.74) is 3.32. The summed E-state index contributed by atoms with van der Waals surface area (Å²) < 4.78 is 12.9. The standard InChI is InChI=1S/C18H25N3O3/c1-4-8-24-9-5-17(22)20-6-7-21-16(12-20)13(2)15-10-14(23-3)11-19-18(15)21/h10-11H,4-9,12H2,1-3H3. The van der Waals surface area contributed by atoms with Gasteiger partial charge in [-0.25, -0.2) is 4.98 Å². The lowest BCUT2D eigenvalue weighted by Crippen LogP contribution is -2.38. The zero-order chi connectivity index (χ0) is 17.1. The van der Waals surface area contributed by atoms with Crippen LogP contribution in [0.4, 0.5) is 0 Å². The molecule has 0 fully saturated rings. The lowest BCUT2D eigenvalue weighted by molar-refractivity contribution is -0.133. The Kier molecular flexibility index (Phi) is 5.04. The Labute approximate surface area is 142 Å². The third-order valence-electron chi connectivity index (χ3n) is 4.59. The van der Waals surface area contributed by atoms with Gasteiger partial charge in [0.2, 0.25) is 5.91 Å². The molecule has 0 radical (unpaired) electrons. The minimum Gasteiger partial charge on any atom is -0.495 e. The monoisotopic (exact) mass is 331 g/mol. The van der Waals surface area contributed by atoms with Gasteiger partial charge in [-0.15, -0.1) is 0 Å². The topological polar surface area (TPSA) is 56.6 Å². The third kappa shape index (κ3) is 3.11. The summed E-state index contributed by atoms with van der Waals surface area (Å²) in [5.74, 6) is 0.919. The molecular formula is C18H25N3O3. The highest BCUT2D eigenvalue weighted by Crippen LogP contribution is 2.30. The number of aromatic nitrogens is 2. The van der Waals surface area contributed by atoms with Crippen LogP contribution in [0.15, 0.2) is 12.3 Å². The van der Waals surface area contributed by atoms with Crippen LogP contribution in [0, 0.1) is 6.92 Å². The molecule has 24 heavy (non-hydrogen) atoms. The number of ether oxygens (including phenoxy) is 2. The molecule has 3 heterocycles. The second-order valence-corrected chi connectivity index (χ2v) is 6.15. The molecule has 6 heteroatoms. The Morgan fingerprint density at radius 1 is 1.33 bits per heavy atom. The normalized spacial score (nSPS) is 14.0. The Bertz CT molecular complexity index is 739. The Morgan fingerprint density at radius 2 is 2.17 bits per heavy atom. The Balaban J connectivity index is 1.77. The number of carbonyl (C=O) groups excluding carboxylic acids is 1. The number of amides is 1. The predicted molar refractivity (Wildman–Crippen MR) is 92.2 cm³/mol. The van der Waals surface area contributed by atoms with Gasteiger partial charge >= 0.3 is 0 Å². The van der Waals surface area contributed by atoms with E-state index in [9.17, 15) is 4.79 Å². The van der Waals surface area contributed by atoms with E-state index in [1.807, 2.05) is 11.0 Å². The van der Waals surface area contributed by atoms with Crippen LogP contribution in [0.3, 0.4) is 0 Å². The summed E-state index contributed by atoms with van der Waals surface area (Å²) in [7, 11) is 1.65. The second kappa shape index (κ2) is 7.21. The molecule has 0 spiro atoms. The van der Waals surface area contributed by atoms with Crippen molar-refractivity contribution in [1.82, 2.24) is 14.5 Å². The van der Waals surface area contributed by atoms with Gasteiger partial charge in [0, 0.05) is 30.8 Å². The summed E-state index contributed by atoms with van der Waals surface area (Å²) in [6.07, 6.45) is 3.18. The number of fused-ring (bicyclic) bond motifs is 3. The second-order valence-electron chi connectivity index (χ2n) is 6.15. The van der Waals surface area contributed by atoms with Crippen LogP contribution in [0.25, 0.3) is 11.0 Å². The molecular weight excluding hydrogens is 306 g/mol. The maximum Gasteiger partial charge on any atom is 0.225 e. The van der Waals surface area contributed by atoms with E-state index in [2.05, 4.69) is 23.4 Å². The van der Waals surface area contributed by atoms with E-state index < -0.39 is 0 Å². The summed E-state index contributed by atoms with van der Waals surface area (Å²) in [5, 5.41) is 1.10. The third-order valence-corrected chi connectivity index (χ3v) is 4.59. The average molecular weight is 331 g/mol. The molecule has 0 aliphatic carbocycles. The van der Waals surface area contributed by atoms with Crippen LogP contribution in [0.2, 0.25) is 0 Å². The van der Waals surface area contributed by atoms with E-state index in [1.165, 1.54) is 11.3 Å². The molecule has 1 aliphatic heterocycles. The van der Waals surface area contributed by atoms with Gasteiger partial charge < -0.3 is 18.9 Å². The number of methoxy groups -OCH3 is 1. The molecule has 2 aromatic heterocycles. The van der Waals surface area contributed by atoms with E-state index in [-0.39, 0.29) is 5.91 Å². The molecule has 2 aromatic rings. The Morgan fingerprint density at radius 3 is 2.92 bits per heavy atom. The fraction of sp³-hybridized carbons (Fsp3) is 0.556. The van der Waals surface area contributed by atoms with E-state index in [0.29, 0.717) is 26.2 Å². The van der Waals surface area contributed by atoms with E-state index in [0.717, 1.165) is 36.3 Å². The first kappa shape index (κ1) is 16.8. The first-order valence-corrected chi connectivity index (χ1v) is 8.53. The van der Waals surface area contributed by atoms with Gasteiger partial charge in [0.05, 0.1) is 32.9 Å². The van der Waals surface area contributed by atoms with Crippen LogP contribution in [-0.2, 0) is 22.6 Å². The van der Waals surface area contributed by atoms with Gasteiger partial charge in [-0.1, -0.05) is 6.92 Å². The van der Waals surface area contributed by atoms with Gasteiger partial charge in [0.1, 0.15) is 11.4 Å². The van der Waals surface area contributed by atoms with Crippen LogP contribution in [-0.4, -0.2) is 47.2 Å². The van der Waals surface area contributed by atoms with Crippen LogP contribution >= 0.6 is 0 Å². The number of rotatable bonds is 6. The van der Waals surface area contributed by atoms with Crippen molar-refractivity contribution < 1.29 is 14.3 Å². The van der Waals surface area contributed by atoms with Crippen molar-refractivity contribution in [3.8, 4) is 5.75 Å². The maximum absolute atomic E-state index is 12.4. The van der Waals surface area contributed by atoms with Crippen molar-refractivity contribution >= 4 is 16.9 Å². The van der Waals surface area contributed by atoms with E-state index in [1.54, 1.807) is 13.3 Å². The van der Waals surface area contributed by atoms with Crippen molar-refractivity contribution in [1.29, 1.82) is 0 Å². The zero-order valence-corrected chi connectivity index (χ0v) is 14.7. The summed E-state index contributed by atoms with van der Waals surface area (Å²) in [6, 6.07) is 2.02. The van der Waals surface area contributed by atoms with E-state index in [4.69, 9.17) is 9.47 Å². The molecule has 0 saturated heterocycles. The number of aryl methyl sites for hydroxylation is 1. The van der Waals surface area contributed by atoms with Gasteiger partial charge in [0.25, 0.3) is 0 Å². The lowest BCUT2D eigenvalue weighted by Gasteiger charge is -2.29. The summed E-state index contributed by atoms with van der Waals surface area (Å²) in [4.78, 5) is 18.9. The van der Waals surface area contributed by atoms with Gasteiger partial charge in [-0.05, 0) is 25.0 Å². The van der Waals surface area contributed by atoms with Crippen molar-refractivity contribution in [2.75, 3.05) is 26.9 Å². The molecule has 0 N–H and O–H groups in total. The van der Waals surface area contributed by atoms with Crippen molar-refractivity contribution in [2.24, 2.45) is 0 Å². The maximum atomic E-state index is 12.4. The number of nitrogens with zero attached hydrogens (tertiary/aromatic N) is 3. The molecule has 1 aliphatic rings. The molecule has 0 bridgehead atoms. The fourth-order valence-electron chi connectivity index (χ4n) is 3.23. The molecule has 0 unspecified atom stereocenters. The molecule has 6 nitrogen and oxygen atoms in total. The molecule has 1 amide bonds. The van der Waals surface area contributed by atoms with Crippen LogP contribution in [0.5, 0.6) is 5.75 Å². The van der Waals surface area contributed by atoms with Crippen molar-refractivity contribution in [3.05, 3.63) is 23.5 Å². The highest BCUT2D eigenvalue weighted by Gasteiger charge is 2.25. The van der Waals surface area contributed by atoms with Crippen LogP contribution in [0.1, 0.15) is 31.0 Å². The van der Waals surface area contributed by atoms with Crippen LogP contribution < -0.4 is 4.74 Å².